The Morgan fingerprint density at radius 3 is 2.50 bits per heavy atom. The lowest BCUT2D eigenvalue weighted by Crippen LogP contribution is -2.44. The second kappa shape index (κ2) is 9.20. The predicted octanol–water partition coefficient (Wildman–Crippen LogP) is 0.583. The first-order valence-corrected chi connectivity index (χ1v) is 10.1. The lowest BCUT2D eigenvalue weighted by Gasteiger charge is -2.31. The van der Waals surface area contributed by atoms with Crippen LogP contribution >= 0.6 is 0 Å². The molecule has 2 rings (SSSR count). The van der Waals surface area contributed by atoms with Crippen LogP contribution in [-0.4, -0.2) is 66.2 Å². The first-order chi connectivity index (χ1) is 12.4. The molecule has 1 amide bonds. The molecule has 1 aliphatic heterocycles. The summed E-state index contributed by atoms with van der Waals surface area (Å²) in [6, 6.07) is 4.58. The van der Waals surface area contributed by atoms with Crippen molar-refractivity contribution < 1.29 is 22.7 Å². The Bertz CT molecular complexity index is 717. The van der Waals surface area contributed by atoms with Gasteiger partial charge in [-0.1, -0.05) is 0 Å². The molecule has 1 aromatic rings. The van der Waals surface area contributed by atoms with E-state index >= 15 is 0 Å². The zero-order chi connectivity index (χ0) is 19.2. The topological polar surface area (TPSA) is 97.0 Å². The monoisotopic (exact) mass is 385 g/mol. The van der Waals surface area contributed by atoms with Crippen LogP contribution in [0.25, 0.3) is 0 Å². The zero-order valence-corrected chi connectivity index (χ0v) is 16.3. The zero-order valence-electron chi connectivity index (χ0n) is 15.4. The van der Waals surface area contributed by atoms with E-state index in [2.05, 4.69) is 10.0 Å². The number of piperidine rings is 1. The van der Waals surface area contributed by atoms with Gasteiger partial charge in [0, 0.05) is 32.1 Å². The highest BCUT2D eigenvalue weighted by Crippen LogP contribution is 2.29. The smallest absolute Gasteiger partial charge is 0.240 e. The molecule has 0 atom stereocenters. The summed E-state index contributed by atoms with van der Waals surface area (Å²) in [5, 5.41) is 3.26. The van der Waals surface area contributed by atoms with E-state index in [1.54, 1.807) is 11.9 Å². The standard InChI is InChI=1S/C17H27N3O5S/c1-20(13-6-9-18-10-7-13)17(21)8-11-19-26(22,23)14-4-5-15(24-2)16(12-14)25-3/h4-5,12-13,18-19H,6-11H2,1-3H3. The molecular formula is C17H27N3O5S. The van der Waals surface area contributed by atoms with E-state index in [4.69, 9.17) is 9.47 Å². The summed E-state index contributed by atoms with van der Waals surface area (Å²) in [6.07, 6.45) is 1.95. The van der Waals surface area contributed by atoms with Crippen LogP contribution in [0.2, 0.25) is 0 Å². The number of nitrogens with one attached hydrogen (secondary N) is 2. The average molecular weight is 385 g/mol. The summed E-state index contributed by atoms with van der Waals surface area (Å²) < 4.78 is 37.5. The number of carbonyl (C=O) groups excluding carboxylic acids is 1. The van der Waals surface area contributed by atoms with Gasteiger partial charge in [-0.3, -0.25) is 4.79 Å². The van der Waals surface area contributed by atoms with Crippen molar-refractivity contribution in [1.29, 1.82) is 0 Å². The fraction of sp³-hybridized carbons (Fsp3) is 0.588. The van der Waals surface area contributed by atoms with Crippen molar-refractivity contribution in [2.24, 2.45) is 0 Å². The number of amides is 1. The molecule has 146 valence electrons. The van der Waals surface area contributed by atoms with E-state index < -0.39 is 10.0 Å². The highest BCUT2D eigenvalue weighted by atomic mass is 32.2. The van der Waals surface area contributed by atoms with Crippen molar-refractivity contribution in [3.05, 3.63) is 18.2 Å². The minimum Gasteiger partial charge on any atom is -0.493 e. The molecule has 0 spiro atoms. The maximum absolute atomic E-state index is 12.4. The molecule has 0 aliphatic carbocycles. The molecule has 0 aromatic heterocycles. The lowest BCUT2D eigenvalue weighted by molar-refractivity contribution is -0.132. The Hall–Kier alpha value is -1.84. The molecule has 1 fully saturated rings. The molecule has 1 saturated heterocycles. The molecule has 1 aromatic carbocycles. The van der Waals surface area contributed by atoms with Crippen LogP contribution in [0.1, 0.15) is 19.3 Å². The minimum absolute atomic E-state index is 0.0464. The van der Waals surface area contributed by atoms with Gasteiger partial charge in [0.1, 0.15) is 0 Å². The maximum atomic E-state index is 12.4. The fourth-order valence-corrected chi connectivity index (χ4v) is 3.98. The first kappa shape index (κ1) is 20.5. The van der Waals surface area contributed by atoms with Crippen LogP contribution in [0.4, 0.5) is 0 Å². The lowest BCUT2D eigenvalue weighted by atomic mass is 10.1. The van der Waals surface area contributed by atoms with Crippen LogP contribution in [-0.2, 0) is 14.8 Å². The van der Waals surface area contributed by atoms with Gasteiger partial charge in [0.15, 0.2) is 11.5 Å². The van der Waals surface area contributed by atoms with Crippen molar-refractivity contribution in [1.82, 2.24) is 14.9 Å². The number of methoxy groups -OCH3 is 2. The number of rotatable bonds is 8. The van der Waals surface area contributed by atoms with Crippen molar-refractivity contribution in [3.8, 4) is 11.5 Å². The second-order valence-electron chi connectivity index (χ2n) is 6.15. The molecule has 0 radical (unpaired) electrons. The van der Waals surface area contributed by atoms with Crippen LogP contribution in [0.5, 0.6) is 11.5 Å². The Kier molecular flexibility index (Phi) is 7.24. The van der Waals surface area contributed by atoms with Crippen molar-refractivity contribution in [2.45, 2.75) is 30.2 Å². The number of carbonyl (C=O) groups is 1. The van der Waals surface area contributed by atoms with Gasteiger partial charge < -0.3 is 19.7 Å². The van der Waals surface area contributed by atoms with Crippen molar-refractivity contribution in [3.63, 3.8) is 0 Å². The summed E-state index contributed by atoms with van der Waals surface area (Å²) >= 11 is 0. The van der Waals surface area contributed by atoms with Crippen molar-refractivity contribution in [2.75, 3.05) is 40.9 Å². The summed E-state index contributed by atoms with van der Waals surface area (Å²) in [6.45, 7) is 1.84. The Balaban J connectivity index is 1.92. The van der Waals surface area contributed by atoms with Gasteiger partial charge in [0.2, 0.25) is 15.9 Å². The third-order valence-electron chi connectivity index (χ3n) is 4.55. The molecule has 1 heterocycles. The molecule has 2 N–H and O–H groups in total. The van der Waals surface area contributed by atoms with Crippen molar-refractivity contribution >= 4 is 15.9 Å². The maximum Gasteiger partial charge on any atom is 0.240 e. The largest absolute Gasteiger partial charge is 0.493 e. The van der Waals surface area contributed by atoms with Crippen LogP contribution in [0.15, 0.2) is 23.1 Å². The van der Waals surface area contributed by atoms with Crippen LogP contribution in [0, 0.1) is 0 Å². The number of nitrogens with zero attached hydrogens (tertiary/aromatic N) is 1. The number of hydrogen-bond donors (Lipinski definition) is 2. The molecule has 8 nitrogen and oxygen atoms in total. The molecule has 1 aliphatic rings. The van der Waals surface area contributed by atoms with E-state index in [0.717, 1.165) is 25.9 Å². The van der Waals surface area contributed by atoms with Crippen LogP contribution in [0.3, 0.4) is 0 Å². The highest BCUT2D eigenvalue weighted by molar-refractivity contribution is 7.89. The molecule has 26 heavy (non-hydrogen) atoms. The predicted molar refractivity (Wildman–Crippen MR) is 98.0 cm³/mol. The van der Waals surface area contributed by atoms with Gasteiger partial charge in [-0.15, -0.1) is 0 Å². The summed E-state index contributed by atoms with van der Waals surface area (Å²) in [4.78, 5) is 14.1. The number of ether oxygens (including phenoxy) is 2. The van der Waals surface area contributed by atoms with Gasteiger partial charge in [-0.05, 0) is 38.1 Å². The molecule has 0 saturated carbocycles. The van der Waals surface area contributed by atoms with Crippen LogP contribution < -0.4 is 19.5 Å². The molecular weight excluding hydrogens is 358 g/mol. The third-order valence-corrected chi connectivity index (χ3v) is 6.00. The van der Waals surface area contributed by atoms with E-state index in [1.165, 1.54) is 32.4 Å². The van der Waals surface area contributed by atoms with Gasteiger partial charge in [0.25, 0.3) is 0 Å². The van der Waals surface area contributed by atoms with Gasteiger partial charge >= 0.3 is 0 Å². The highest BCUT2D eigenvalue weighted by Gasteiger charge is 2.22. The molecule has 0 bridgehead atoms. The summed E-state index contributed by atoms with van der Waals surface area (Å²) in [5.41, 5.74) is 0. The van der Waals surface area contributed by atoms with E-state index in [9.17, 15) is 13.2 Å². The summed E-state index contributed by atoms with van der Waals surface area (Å²) in [7, 11) is 0.971. The van der Waals surface area contributed by atoms with E-state index in [0.29, 0.717) is 11.5 Å². The van der Waals surface area contributed by atoms with Gasteiger partial charge in [-0.2, -0.15) is 0 Å². The fourth-order valence-electron chi connectivity index (χ4n) is 2.93. The van der Waals surface area contributed by atoms with E-state index in [-0.39, 0.29) is 29.8 Å². The quantitative estimate of drug-likeness (QED) is 0.680. The van der Waals surface area contributed by atoms with E-state index in [1.807, 2.05) is 0 Å². The second-order valence-corrected chi connectivity index (χ2v) is 7.92. The molecule has 0 unspecified atom stereocenters. The normalized spacial score (nSPS) is 15.5. The summed E-state index contributed by atoms with van der Waals surface area (Å²) in [5.74, 6) is 0.717. The Morgan fingerprint density at radius 1 is 1.23 bits per heavy atom. The number of benzene rings is 1. The third kappa shape index (κ3) is 5.09. The number of sulfonamides is 1. The van der Waals surface area contributed by atoms with Gasteiger partial charge in [-0.25, -0.2) is 13.1 Å². The minimum atomic E-state index is -3.73. The molecule has 9 heteroatoms. The number of hydrogen-bond acceptors (Lipinski definition) is 6. The average Bonchev–Trinajstić information content (AvgIpc) is 2.67. The van der Waals surface area contributed by atoms with Gasteiger partial charge in [0.05, 0.1) is 19.1 Å². The Morgan fingerprint density at radius 2 is 1.88 bits per heavy atom. The first-order valence-electron chi connectivity index (χ1n) is 8.57. The Labute approximate surface area is 154 Å². The SMILES string of the molecule is COc1ccc(S(=O)(=O)NCCC(=O)N(C)C2CCNCC2)cc1OC.